The summed E-state index contributed by atoms with van der Waals surface area (Å²) in [4.78, 5) is 47.2. The van der Waals surface area contributed by atoms with Gasteiger partial charge in [-0.25, -0.2) is 9.78 Å². The number of nitrogens with zero attached hydrogens (tertiary/aromatic N) is 2. The lowest BCUT2D eigenvalue weighted by molar-refractivity contribution is -0.363. The topological polar surface area (TPSA) is 81.5 Å². The summed E-state index contributed by atoms with van der Waals surface area (Å²) in [6, 6.07) is 16.5. The molecule has 0 bridgehead atoms. The molecule has 2 atom stereocenters. The monoisotopic (exact) mass is 358 g/mol. The van der Waals surface area contributed by atoms with E-state index in [-0.39, 0.29) is 5.78 Å². The molecule has 0 radical (unpaired) electrons. The third-order valence-electron chi connectivity index (χ3n) is 4.62. The van der Waals surface area contributed by atoms with Gasteiger partial charge in [0.05, 0.1) is 6.20 Å². The number of hydrogen-bond donors (Lipinski definition) is 0. The number of carbonyl (C=O) groups excluding carboxylic acids is 3. The van der Waals surface area contributed by atoms with Crippen LogP contribution in [0.5, 0.6) is 0 Å². The second-order valence-corrected chi connectivity index (χ2v) is 6.23. The van der Waals surface area contributed by atoms with Gasteiger partial charge in [-0.2, -0.15) is 4.90 Å². The molecule has 1 N–H and O–H groups in total. The molecule has 1 fully saturated rings. The van der Waals surface area contributed by atoms with Crippen molar-refractivity contribution >= 4 is 23.3 Å². The Labute approximate surface area is 155 Å². The largest absolute Gasteiger partial charge is 0.378 e. The molecule has 2 unspecified atom stereocenters. The molecule has 1 aliphatic heterocycles. The summed E-state index contributed by atoms with van der Waals surface area (Å²) in [5.74, 6) is -2.47. The summed E-state index contributed by atoms with van der Waals surface area (Å²) in [5.41, 5.74) is 1.03. The van der Waals surface area contributed by atoms with Crippen LogP contribution in [0.15, 0.2) is 79.3 Å². The van der Waals surface area contributed by atoms with Gasteiger partial charge in [0, 0.05) is 29.6 Å². The first kappa shape index (κ1) is 16.8. The van der Waals surface area contributed by atoms with Gasteiger partial charge in [-0.3, -0.25) is 14.6 Å². The van der Waals surface area contributed by atoms with Gasteiger partial charge in [-0.15, -0.1) is 0 Å². The number of H-pyrrole nitrogens is 1. The average Bonchev–Trinajstić information content (AvgIpc) is 3.00. The Morgan fingerprint density at radius 3 is 2.41 bits per heavy atom. The van der Waals surface area contributed by atoms with Crippen molar-refractivity contribution in [1.29, 1.82) is 0 Å². The maximum Gasteiger partial charge on any atom is 0.378 e. The number of benzene rings is 1. The van der Waals surface area contributed by atoms with Crippen LogP contribution in [0, 0.1) is 5.92 Å². The van der Waals surface area contributed by atoms with E-state index in [4.69, 9.17) is 0 Å². The van der Waals surface area contributed by atoms with Crippen molar-refractivity contribution < 1.29 is 19.4 Å². The first-order valence-electron chi connectivity index (χ1n) is 8.52. The van der Waals surface area contributed by atoms with Gasteiger partial charge in [0.25, 0.3) is 11.6 Å². The Morgan fingerprint density at radius 1 is 0.963 bits per heavy atom. The van der Waals surface area contributed by atoms with Gasteiger partial charge in [-0.05, 0) is 12.1 Å². The second kappa shape index (κ2) is 6.92. The lowest BCUT2D eigenvalue weighted by Gasteiger charge is -2.20. The van der Waals surface area contributed by atoms with Gasteiger partial charge in [0.1, 0.15) is 12.0 Å². The zero-order valence-corrected chi connectivity index (χ0v) is 14.3. The van der Waals surface area contributed by atoms with E-state index >= 15 is 0 Å². The van der Waals surface area contributed by atoms with Crippen molar-refractivity contribution in [2.75, 3.05) is 4.90 Å². The van der Waals surface area contributed by atoms with E-state index < -0.39 is 23.7 Å². The van der Waals surface area contributed by atoms with Crippen molar-refractivity contribution in [3.05, 3.63) is 90.4 Å². The van der Waals surface area contributed by atoms with E-state index in [0.29, 0.717) is 16.9 Å². The molecule has 1 amide bonds. The van der Waals surface area contributed by atoms with Crippen molar-refractivity contribution in [3.63, 3.8) is 0 Å². The van der Waals surface area contributed by atoms with Crippen LogP contribution >= 0.6 is 0 Å². The number of Topliss-reactive ketones (excluding diaryl/α,β-unsaturated/α-hetero) is 2. The zero-order valence-electron chi connectivity index (χ0n) is 14.3. The molecule has 1 aromatic carbocycles. The van der Waals surface area contributed by atoms with E-state index in [2.05, 4.69) is 9.97 Å². The molecule has 6 heteroatoms. The number of amides is 1. The van der Waals surface area contributed by atoms with Gasteiger partial charge in [0.15, 0.2) is 5.78 Å². The minimum atomic E-state index is -1.13. The number of ketones is 2. The first-order valence-corrected chi connectivity index (χ1v) is 8.52. The number of aromatic amines is 1. The third-order valence-corrected chi connectivity index (χ3v) is 4.62. The molecule has 2 aromatic heterocycles. The van der Waals surface area contributed by atoms with Crippen LogP contribution in [0.1, 0.15) is 22.0 Å². The SMILES string of the molecule is O=C1C(=O)N(c2cccc[nH+]2)C(c2cccnc2)C1C(=O)c1ccccc1. The molecule has 1 aliphatic rings. The van der Waals surface area contributed by atoms with Crippen LogP contribution in [0.4, 0.5) is 5.82 Å². The lowest BCUT2D eigenvalue weighted by Crippen LogP contribution is -2.34. The number of rotatable bonds is 4. The fraction of sp³-hybridized carbons (Fsp3) is 0.0952. The van der Waals surface area contributed by atoms with Crippen LogP contribution in [-0.4, -0.2) is 22.5 Å². The predicted octanol–water partition coefficient (Wildman–Crippen LogP) is 2.05. The highest BCUT2D eigenvalue weighted by Crippen LogP contribution is 2.39. The molecule has 3 aromatic rings. The molecule has 27 heavy (non-hydrogen) atoms. The van der Waals surface area contributed by atoms with E-state index in [9.17, 15) is 14.4 Å². The molecule has 4 rings (SSSR count). The molecule has 0 aliphatic carbocycles. The number of carbonyl (C=O) groups is 3. The number of pyridine rings is 2. The average molecular weight is 358 g/mol. The summed E-state index contributed by atoms with van der Waals surface area (Å²) in [6.07, 6.45) is 4.85. The Kier molecular flexibility index (Phi) is 4.30. The highest BCUT2D eigenvalue weighted by Gasteiger charge is 2.57. The zero-order chi connectivity index (χ0) is 18.8. The fourth-order valence-electron chi connectivity index (χ4n) is 3.40. The van der Waals surface area contributed by atoms with Crippen LogP contribution in [0.2, 0.25) is 0 Å². The Balaban J connectivity index is 1.85. The standard InChI is InChI=1S/C21H15N3O3/c25-19(14-7-2-1-3-8-14)17-18(15-9-6-11-22-13-15)24(21(27)20(17)26)16-10-4-5-12-23-16/h1-13,17-18H/p+1. The van der Waals surface area contributed by atoms with Gasteiger partial charge < -0.3 is 0 Å². The number of anilines is 1. The highest BCUT2D eigenvalue weighted by atomic mass is 16.2. The number of hydrogen-bond acceptors (Lipinski definition) is 4. The normalized spacial score (nSPS) is 19.3. The number of nitrogens with one attached hydrogen (secondary N) is 1. The van der Waals surface area contributed by atoms with E-state index in [1.807, 2.05) is 0 Å². The quantitative estimate of drug-likeness (QED) is 0.406. The predicted molar refractivity (Wildman–Crippen MR) is 96.7 cm³/mol. The Morgan fingerprint density at radius 2 is 1.74 bits per heavy atom. The van der Waals surface area contributed by atoms with Crippen LogP contribution < -0.4 is 9.88 Å². The van der Waals surface area contributed by atoms with E-state index in [0.717, 1.165) is 0 Å². The van der Waals surface area contributed by atoms with Crippen molar-refractivity contribution in [3.8, 4) is 0 Å². The molecular weight excluding hydrogens is 342 g/mol. The summed E-state index contributed by atoms with van der Waals surface area (Å²) in [7, 11) is 0. The summed E-state index contributed by atoms with van der Waals surface area (Å²) in [5, 5.41) is 0. The highest BCUT2D eigenvalue weighted by molar-refractivity contribution is 6.48. The second-order valence-electron chi connectivity index (χ2n) is 6.23. The maximum absolute atomic E-state index is 13.1. The maximum atomic E-state index is 13.1. The van der Waals surface area contributed by atoms with Crippen molar-refractivity contribution in [2.24, 2.45) is 5.92 Å². The molecular formula is C21H16N3O3+. The Hall–Kier alpha value is -3.67. The molecule has 1 saturated heterocycles. The van der Waals surface area contributed by atoms with E-state index in [1.165, 1.54) is 4.90 Å². The first-order chi connectivity index (χ1) is 13.2. The summed E-state index contributed by atoms with van der Waals surface area (Å²) >= 11 is 0. The van der Waals surface area contributed by atoms with Crippen molar-refractivity contribution in [2.45, 2.75) is 6.04 Å². The minimum absolute atomic E-state index is 0.374. The van der Waals surface area contributed by atoms with Crippen LogP contribution in [-0.2, 0) is 9.59 Å². The third kappa shape index (κ3) is 2.91. The smallest absolute Gasteiger partial charge is 0.293 e. The van der Waals surface area contributed by atoms with Crippen LogP contribution in [0.25, 0.3) is 0 Å². The molecule has 6 nitrogen and oxygen atoms in total. The van der Waals surface area contributed by atoms with Gasteiger partial charge >= 0.3 is 5.91 Å². The number of aromatic nitrogens is 2. The lowest BCUT2D eigenvalue weighted by atomic mass is 9.87. The van der Waals surface area contributed by atoms with E-state index in [1.54, 1.807) is 79.3 Å². The summed E-state index contributed by atoms with van der Waals surface area (Å²) < 4.78 is 0. The van der Waals surface area contributed by atoms with Crippen molar-refractivity contribution in [1.82, 2.24) is 4.98 Å². The molecule has 3 heterocycles. The fourth-order valence-corrected chi connectivity index (χ4v) is 3.40. The minimum Gasteiger partial charge on any atom is -0.293 e. The summed E-state index contributed by atoms with van der Waals surface area (Å²) in [6.45, 7) is 0. The molecule has 132 valence electrons. The van der Waals surface area contributed by atoms with Crippen LogP contribution in [0.3, 0.4) is 0 Å². The Bertz CT molecular complexity index is 991. The molecule has 0 saturated carbocycles. The van der Waals surface area contributed by atoms with Gasteiger partial charge in [-0.1, -0.05) is 42.5 Å². The molecule has 0 spiro atoms. The van der Waals surface area contributed by atoms with Gasteiger partial charge in [0.2, 0.25) is 0 Å².